The van der Waals surface area contributed by atoms with E-state index in [9.17, 15) is 0 Å². The molecule has 3 nitrogen and oxygen atoms in total. The van der Waals surface area contributed by atoms with Gasteiger partial charge in [0.2, 0.25) is 0 Å². The zero-order valence-corrected chi connectivity index (χ0v) is 10.6. The third-order valence-electron chi connectivity index (χ3n) is 2.26. The van der Waals surface area contributed by atoms with Crippen molar-refractivity contribution in [2.24, 2.45) is 5.92 Å². The maximum Gasteiger partial charge on any atom is 0.125 e. The first kappa shape index (κ1) is 13.0. The summed E-state index contributed by atoms with van der Waals surface area (Å²) < 4.78 is 0. The van der Waals surface area contributed by atoms with Crippen molar-refractivity contribution in [1.29, 1.82) is 0 Å². The van der Waals surface area contributed by atoms with Gasteiger partial charge in [-0.25, -0.2) is 4.98 Å². The van der Waals surface area contributed by atoms with Gasteiger partial charge >= 0.3 is 0 Å². The van der Waals surface area contributed by atoms with Gasteiger partial charge in [-0.05, 0) is 30.5 Å². The van der Waals surface area contributed by atoms with E-state index in [-0.39, 0.29) is 0 Å². The summed E-state index contributed by atoms with van der Waals surface area (Å²) in [5, 5.41) is 6.67. The van der Waals surface area contributed by atoms with E-state index in [1.807, 2.05) is 12.3 Å². The first-order valence-electron chi connectivity index (χ1n) is 6.12. The Labute approximate surface area is 98.7 Å². The molecule has 1 rings (SSSR count). The molecule has 0 radical (unpaired) electrons. The first-order valence-corrected chi connectivity index (χ1v) is 6.12. The summed E-state index contributed by atoms with van der Waals surface area (Å²) in [5.41, 5.74) is 1.24. The molecule has 1 heterocycles. The Morgan fingerprint density at radius 1 is 1.31 bits per heavy atom. The van der Waals surface area contributed by atoms with Crippen LogP contribution in [0.25, 0.3) is 0 Å². The molecule has 2 N–H and O–H groups in total. The van der Waals surface area contributed by atoms with Gasteiger partial charge < -0.3 is 10.6 Å². The molecule has 0 spiro atoms. The molecule has 0 bridgehead atoms. The van der Waals surface area contributed by atoms with Crippen molar-refractivity contribution in [3.8, 4) is 0 Å². The van der Waals surface area contributed by atoms with Gasteiger partial charge in [-0.15, -0.1) is 0 Å². The second-order valence-electron chi connectivity index (χ2n) is 4.50. The molecule has 1 aromatic rings. The van der Waals surface area contributed by atoms with Crippen LogP contribution in [0.4, 0.5) is 5.82 Å². The average Bonchev–Trinajstić information content (AvgIpc) is 2.27. The maximum atomic E-state index is 4.36. The van der Waals surface area contributed by atoms with E-state index in [0.717, 1.165) is 31.9 Å². The summed E-state index contributed by atoms with van der Waals surface area (Å²) in [4.78, 5) is 4.36. The van der Waals surface area contributed by atoms with Crippen LogP contribution in [-0.2, 0) is 6.54 Å². The average molecular weight is 221 g/mol. The molecular formula is C13H23N3. The van der Waals surface area contributed by atoms with E-state index < -0.39 is 0 Å². The van der Waals surface area contributed by atoms with Gasteiger partial charge in [-0.2, -0.15) is 0 Å². The Morgan fingerprint density at radius 2 is 2.12 bits per heavy atom. The fourth-order valence-electron chi connectivity index (χ4n) is 1.39. The highest BCUT2D eigenvalue weighted by molar-refractivity contribution is 5.35. The van der Waals surface area contributed by atoms with E-state index in [2.05, 4.69) is 42.5 Å². The quantitative estimate of drug-likeness (QED) is 0.743. The van der Waals surface area contributed by atoms with Crippen LogP contribution in [0.3, 0.4) is 0 Å². The standard InChI is InChI=1S/C13H23N3/c1-4-7-15-13-6-5-12(10-16-13)9-14-8-11(2)3/h5-6,10-11,14H,4,7-9H2,1-3H3,(H,15,16). The van der Waals surface area contributed by atoms with Gasteiger partial charge in [-0.3, -0.25) is 0 Å². The lowest BCUT2D eigenvalue weighted by Crippen LogP contribution is -2.19. The van der Waals surface area contributed by atoms with E-state index in [4.69, 9.17) is 0 Å². The van der Waals surface area contributed by atoms with E-state index in [1.165, 1.54) is 5.56 Å². The van der Waals surface area contributed by atoms with E-state index in [0.29, 0.717) is 5.92 Å². The number of rotatable bonds is 7. The summed E-state index contributed by atoms with van der Waals surface area (Å²) >= 11 is 0. The Balaban J connectivity index is 2.33. The number of pyridine rings is 1. The van der Waals surface area contributed by atoms with Crippen LogP contribution in [0.5, 0.6) is 0 Å². The molecular weight excluding hydrogens is 198 g/mol. The molecule has 3 heteroatoms. The minimum Gasteiger partial charge on any atom is -0.370 e. The highest BCUT2D eigenvalue weighted by Crippen LogP contribution is 2.05. The summed E-state index contributed by atoms with van der Waals surface area (Å²) in [5.74, 6) is 1.66. The molecule has 0 saturated carbocycles. The van der Waals surface area contributed by atoms with E-state index >= 15 is 0 Å². The van der Waals surface area contributed by atoms with Crippen LogP contribution >= 0.6 is 0 Å². The molecule has 0 aromatic carbocycles. The third kappa shape index (κ3) is 5.12. The Morgan fingerprint density at radius 3 is 2.69 bits per heavy atom. The Hall–Kier alpha value is -1.09. The number of hydrogen-bond acceptors (Lipinski definition) is 3. The molecule has 0 unspecified atom stereocenters. The fraction of sp³-hybridized carbons (Fsp3) is 0.615. The molecule has 0 aliphatic heterocycles. The van der Waals surface area contributed by atoms with E-state index in [1.54, 1.807) is 0 Å². The molecule has 0 aliphatic rings. The largest absolute Gasteiger partial charge is 0.370 e. The van der Waals surface area contributed by atoms with Crippen LogP contribution in [0, 0.1) is 5.92 Å². The zero-order chi connectivity index (χ0) is 11.8. The lowest BCUT2D eigenvalue weighted by molar-refractivity contribution is 0.552. The molecule has 0 atom stereocenters. The van der Waals surface area contributed by atoms with Crippen molar-refractivity contribution in [3.63, 3.8) is 0 Å². The van der Waals surface area contributed by atoms with Crippen molar-refractivity contribution in [2.75, 3.05) is 18.4 Å². The van der Waals surface area contributed by atoms with Crippen molar-refractivity contribution in [3.05, 3.63) is 23.9 Å². The lowest BCUT2D eigenvalue weighted by atomic mass is 10.2. The highest BCUT2D eigenvalue weighted by atomic mass is 15.0. The van der Waals surface area contributed by atoms with Crippen LogP contribution in [0.1, 0.15) is 32.8 Å². The Bertz CT molecular complexity index is 280. The molecule has 0 fully saturated rings. The van der Waals surface area contributed by atoms with Gasteiger partial charge in [0.25, 0.3) is 0 Å². The normalized spacial score (nSPS) is 10.8. The monoisotopic (exact) mass is 221 g/mol. The molecule has 0 amide bonds. The third-order valence-corrected chi connectivity index (χ3v) is 2.26. The Kier molecular flexibility index (Phi) is 5.86. The second kappa shape index (κ2) is 7.23. The maximum absolute atomic E-state index is 4.36. The predicted octanol–water partition coefficient (Wildman–Crippen LogP) is 2.65. The van der Waals surface area contributed by atoms with Gasteiger partial charge in [0.15, 0.2) is 0 Å². The smallest absolute Gasteiger partial charge is 0.125 e. The summed E-state index contributed by atoms with van der Waals surface area (Å²) in [6.45, 7) is 9.51. The van der Waals surface area contributed by atoms with Crippen LogP contribution in [0.15, 0.2) is 18.3 Å². The molecule has 0 aliphatic carbocycles. The zero-order valence-electron chi connectivity index (χ0n) is 10.6. The van der Waals surface area contributed by atoms with Crippen molar-refractivity contribution in [1.82, 2.24) is 10.3 Å². The van der Waals surface area contributed by atoms with Gasteiger partial charge in [0.1, 0.15) is 5.82 Å². The van der Waals surface area contributed by atoms with Crippen LogP contribution in [0.2, 0.25) is 0 Å². The van der Waals surface area contributed by atoms with Crippen LogP contribution < -0.4 is 10.6 Å². The second-order valence-corrected chi connectivity index (χ2v) is 4.50. The van der Waals surface area contributed by atoms with Crippen molar-refractivity contribution >= 4 is 5.82 Å². The van der Waals surface area contributed by atoms with Crippen molar-refractivity contribution < 1.29 is 0 Å². The molecule has 1 aromatic heterocycles. The van der Waals surface area contributed by atoms with Gasteiger partial charge in [0.05, 0.1) is 0 Å². The number of hydrogen-bond donors (Lipinski definition) is 2. The number of nitrogens with zero attached hydrogens (tertiary/aromatic N) is 1. The van der Waals surface area contributed by atoms with Crippen LogP contribution in [-0.4, -0.2) is 18.1 Å². The summed E-state index contributed by atoms with van der Waals surface area (Å²) in [7, 11) is 0. The molecule has 16 heavy (non-hydrogen) atoms. The highest BCUT2D eigenvalue weighted by Gasteiger charge is 1.96. The molecule has 90 valence electrons. The summed E-state index contributed by atoms with van der Waals surface area (Å²) in [6, 6.07) is 4.17. The number of aromatic nitrogens is 1. The SMILES string of the molecule is CCCNc1ccc(CNCC(C)C)cn1. The van der Waals surface area contributed by atoms with Gasteiger partial charge in [-0.1, -0.05) is 26.8 Å². The number of nitrogens with one attached hydrogen (secondary N) is 2. The van der Waals surface area contributed by atoms with Crippen molar-refractivity contribution in [2.45, 2.75) is 33.7 Å². The summed E-state index contributed by atoms with van der Waals surface area (Å²) in [6.07, 6.45) is 3.06. The first-order chi connectivity index (χ1) is 7.72. The fourth-order valence-corrected chi connectivity index (χ4v) is 1.39. The number of anilines is 1. The minimum absolute atomic E-state index is 0.693. The molecule has 0 saturated heterocycles. The predicted molar refractivity (Wildman–Crippen MR) is 69.6 cm³/mol. The van der Waals surface area contributed by atoms with Gasteiger partial charge in [0, 0.05) is 19.3 Å². The topological polar surface area (TPSA) is 37.0 Å². The minimum atomic E-state index is 0.693. The lowest BCUT2D eigenvalue weighted by Gasteiger charge is -2.08.